The molecule has 0 saturated heterocycles. The minimum Gasteiger partial charge on any atom is -0.316 e. The van der Waals surface area contributed by atoms with Crippen molar-refractivity contribution >= 4 is 0 Å². The van der Waals surface area contributed by atoms with Crippen molar-refractivity contribution in [3.63, 3.8) is 0 Å². The van der Waals surface area contributed by atoms with Crippen molar-refractivity contribution in [1.29, 1.82) is 0 Å². The van der Waals surface area contributed by atoms with E-state index in [0.29, 0.717) is 0 Å². The van der Waals surface area contributed by atoms with Crippen molar-refractivity contribution in [1.82, 2.24) is 5.32 Å². The van der Waals surface area contributed by atoms with Crippen LogP contribution in [0.3, 0.4) is 0 Å². The molecule has 0 heterocycles. The van der Waals surface area contributed by atoms with Gasteiger partial charge < -0.3 is 5.32 Å². The molecule has 0 aliphatic rings. The Labute approximate surface area is 65.2 Å². The molecule has 0 aromatic heterocycles. The molecule has 0 aromatic rings. The number of nitrogens with one attached hydrogen (secondary N) is 1. The zero-order valence-electron chi connectivity index (χ0n) is 7.61. The number of hydrogen-bond acceptors (Lipinski definition) is 1. The first kappa shape index (κ1) is 9.96. The minimum atomic E-state index is 0.895. The van der Waals surface area contributed by atoms with Crippen LogP contribution in [0.15, 0.2) is 0 Å². The van der Waals surface area contributed by atoms with Gasteiger partial charge in [0.05, 0.1) is 0 Å². The van der Waals surface area contributed by atoms with Crippen LogP contribution in [0.2, 0.25) is 0 Å². The highest BCUT2D eigenvalue weighted by Gasteiger charge is 2.00. The highest BCUT2D eigenvalue weighted by atomic mass is 14.8. The fourth-order valence-corrected chi connectivity index (χ4v) is 1.06. The Morgan fingerprint density at radius 2 is 1.70 bits per heavy atom. The molecule has 1 heteroatoms. The van der Waals surface area contributed by atoms with E-state index in [-0.39, 0.29) is 0 Å². The molecule has 0 rings (SSSR count). The van der Waals surface area contributed by atoms with E-state index >= 15 is 0 Å². The zero-order valence-corrected chi connectivity index (χ0v) is 7.61. The van der Waals surface area contributed by atoms with Crippen molar-refractivity contribution < 1.29 is 0 Å². The molecule has 1 nitrogen and oxygen atoms in total. The monoisotopic (exact) mass is 143 g/mol. The lowest BCUT2D eigenvalue weighted by atomic mass is 10.0. The van der Waals surface area contributed by atoms with Gasteiger partial charge in [-0.1, -0.05) is 33.6 Å². The van der Waals surface area contributed by atoms with Crippen molar-refractivity contribution in [2.24, 2.45) is 5.92 Å². The maximum atomic E-state index is 3.44. The molecule has 10 heavy (non-hydrogen) atoms. The Hall–Kier alpha value is -0.0400. The Morgan fingerprint density at radius 3 is 2.10 bits per heavy atom. The molecule has 1 N–H and O–H groups in total. The predicted octanol–water partition coefficient (Wildman–Crippen LogP) is 2.42. The summed E-state index contributed by atoms with van der Waals surface area (Å²) >= 11 is 0. The summed E-state index contributed by atoms with van der Waals surface area (Å²) in [5, 5.41) is 3.44. The van der Waals surface area contributed by atoms with Gasteiger partial charge in [-0.25, -0.2) is 0 Å². The van der Waals surface area contributed by atoms with Crippen molar-refractivity contribution in [3.05, 3.63) is 0 Å². The molecule has 0 atom stereocenters. The Bertz CT molecular complexity index is 57.7. The predicted molar refractivity (Wildman–Crippen MR) is 47.2 cm³/mol. The fraction of sp³-hybridized carbons (Fsp3) is 1.00. The molecule has 0 aliphatic heterocycles. The average molecular weight is 143 g/mol. The molecular formula is C9H21N. The summed E-state index contributed by atoms with van der Waals surface area (Å²) in [6.07, 6.45) is 3.88. The first-order valence-electron chi connectivity index (χ1n) is 4.55. The van der Waals surface area contributed by atoms with Crippen LogP contribution in [0.5, 0.6) is 0 Å². The second-order valence-corrected chi connectivity index (χ2v) is 2.89. The van der Waals surface area contributed by atoms with Crippen LogP contribution in [0.1, 0.15) is 40.0 Å². The van der Waals surface area contributed by atoms with E-state index in [0.717, 1.165) is 5.92 Å². The third-order valence-electron chi connectivity index (χ3n) is 2.01. The van der Waals surface area contributed by atoms with E-state index < -0.39 is 0 Å². The second kappa shape index (κ2) is 7.07. The van der Waals surface area contributed by atoms with E-state index in [1.165, 1.54) is 32.4 Å². The van der Waals surface area contributed by atoms with E-state index in [4.69, 9.17) is 0 Å². The molecule has 62 valence electrons. The number of hydrogen-bond donors (Lipinski definition) is 1. The highest BCUT2D eigenvalue weighted by Crippen LogP contribution is 2.04. The molecule has 0 aliphatic carbocycles. The van der Waals surface area contributed by atoms with Gasteiger partial charge in [-0.3, -0.25) is 0 Å². The van der Waals surface area contributed by atoms with Crippen molar-refractivity contribution in [2.45, 2.75) is 40.0 Å². The van der Waals surface area contributed by atoms with Crippen LogP contribution in [0.25, 0.3) is 0 Å². The van der Waals surface area contributed by atoms with E-state index in [1.54, 1.807) is 0 Å². The maximum absolute atomic E-state index is 3.44. The first-order valence-corrected chi connectivity index (χ1v) is 4.55. The SMILES string of the molecule is CCCNCC(CC)CC. The fourth-order valence-electron chi connectivity index (χ4n) is 1.06. The van der Waals surface area contributed by atoms with E-state index in [1.807, 2.05) is 0 Å². The van der Waals surface area contributed by atoms with Crippen LogP contribution in [-0.2, 0) is 0 Å². The lowest BCUT2D eigenvalue weighted by Gasteiger charge is -2.11. The summed E-state index contributed by atoms with van der Waals surface area (Å²) < 4.78 is 0. The van der Waals surface area contributed by atoms with Crippen LogP contribution in [0.4, 0.5) is 0 Å². The van der Waals surface area contributed by atoms with Crippen LogP contribution in [0, 0.1) is 5.92 Å². The van der Waals surface area contributed by atoms with Gasteiger partial charge in [-0.05, 0) is 25.4 Å². The van der Waals surface area contributed by atoms with Crippen molar-refractivity contribution in [3.8, 4) is 0 Å². The third kappa shape index (κ3) is 4.80. The largest absolute Gasteiger partial charge is 0.316 e. The van der Waals surface area contributed by atoms with Crippen molar-refractivity contribution in [2.75, 3.05) is 13.1 Å². The Morgan fingerprint density at radius 1 is 1.10 bits per heavy atom. The Kier molecular flexibility index (Phi) is 7.04. The summed E-state index contributed by atoms with van der Waals surface area (Å²) in [6, 6.07) is 0. The molecule has 0 aromatic carbocycles. The molecule has 0 amide bonds. The van der Waals surface area contributed by atoms with E-state index in [9.17, 15) is 0 Å². The third-order valence-corrected chi connectivity index (χ3v) is 2.01. The smallest absolute Gasteiger partial charge is 0.00207 e. The van der Waals surface area contributed by atoms with Gasteiger partial charge in [0.15, 0.2) is 0 Å². The lowest BCUT2D eigenvalue weighted by Crippen LogP contribution is -2.22. The van der Waals surface area contributed by atoms with Crippen LogP contribution in [-0.4, -0.2) is 13.1 Å². The standard InChI is InChI=1S/C9H21N/c1-4-7-10-8-9(5-2)6-3/h9-10H,4-8H2,1-3H3. The normalized spacial score (nSPS) is 10.8. The summed E-state index contributed by atoms with van der Waals surface area (Å²) in [7, 11) is 0. The van der Waals surface area contributed by atoms with E-state index in [2.05, 4.69) is 26.1 Å². The second-order valence-electron chi connectivity index (χ2n) is 2.89. The molecule has 0 spiro atoms. The quantitative estimate of drug-likeness (QED) is 0.563. The molecule has 0 unspecified atom stereocenters. The topological polar surface area (TPSA) is 12.0 Å². The van der Waals surface area contributed by atoms with Crippen LogP contribution >= 0.6 is 0 Å². The summed E-state index contributed by atoms with van der Waals surface area (Å²) in [5.74, 6) is 0.895. The molecule has 0 fully saturated rings. The van der Waals surface area contributed by atoms with Gasteiger partial charge in [-0.15, -0.1) is 0 Å². The van der Waals surface area contributed by atoms with Gasteiger partial charge >= 0.3 is 0 Å². The number of rotatable bonds is 6. The molecular weight excluding hydrogens is 122 g/mol. The first-order chi connectivity index (χ1) is 4.85. The average Bonchev–Trinajstić information content (AvgIpc) is 1.99. The van der Waals surface area contributed by atoms with Gasteiger partial charge in [0.1, 0.15) is 0 Å². The summed E-state index contributed by atoms with van der Waals surface area (Å²) in [4.78, 5) is 0. The van der Waals surface area contributed by atoms with Gasteiger partial charge in [-0.2, -0.15) is 0 Å². The van der Waals surface area contributed by atoms with Crippen LogP contribution < -0.4 is 5.32 Å². The van der Waals surface area contributed by atoms with Gasteiger partial charge in [0.25, 0.3) is 0 Å². The molecule has 0 saturated carbocycles. The minimum absolute atomic E-state index is 0.895. The molecule has 0 radical (unpaired) electrons. The molecule has 0 bridgehead atoms. The Balaban J connectivity index is 3.09. The lowest BCUT2D eigenvalue weighted by molar-refractivity contribution is 0.450. The maximum Gasteiger partial charge on any atom is -0.00207 e. The summed E-state index contributed by atoms with van der Waals surface area (Å²) in [5.41, 5.74) is 0. The highest BCUT2D eigenvalue weighted by molar-refractivity contribution is 4.57. The van der Waals surface area contributed by atoms with Gasteiger partial charge in [0.2, 0.25) is 0 Å². The summed E-state index contributed by atoms with van der Waals surface area (Å²) in [6.45, 7) is 9.13. The zero-order chi connectivity index (χ0) is 7.82. The van der Waals surface area contributed by atoms with Gasteiger partial charge in [0, 0.05) is 0 Å².